The third kappa shape index (κ3) is 5.72. The second-order valence-electron chi connectivity index (χ2n) is 4.37. The summed E-state index contributed by atoms with van der Waals surface area (Å²) in [5.74, 6) is 6.04. The van der Waals surface area contributed by atoms with Gasteiger partial charge in [0.2, 0.25) is 5.96 Å². The Morgan fingerprint density at radius 2 is 2.16 bits per heavy atom. The fraction of sp³-hybridized carbons (Fsp3) is 0.500. The lowest BCUT2D eigenvalue weighted by Gasteiger charge is -2.12. The predicted molar refractivity (Wildman–Crippen MR) is 80.3 cm³/mol. The van der Waals surface area contributed by atoms with Crippen molar-refractivity contribution in [3.63, 3.8) is 0 Å². The number of nitrogens with two attached hydrogens (primary N) is 1. The zero-order valence-electron chi connectivity index (χ0n) is 12.0. The first-order valence-corrected chi connectivity index (χ1v) is 6.60. The molecule has 0 fully saturated rings. The SMILES string of the molecule is CCOCCCN=C(NN)Nc1ccc(C)cc1C. The number of nitrogens with zero attached hydrogens (tertiary/aromatic N) is 1. The van der Waals surface area contributed by atoms with Crippen LogP contribution in [0.4, 0.5) is 5.69 Å². The number of anilines is 1. The molecule has 19 heavy (non-hydrogen) atoms. The maximum absolute atomic E-state index is 5.47. The summed E-state index contributed by atoms with van der Waals surface area (Å²) in [5, 5.41) is 3.19. The monoisotopic (exact) mass is 264 g/mol. The van der Waals surface area contributed by atoms with Gasteiger partial charge in [0.25, 0.3) is 0 Å². The summed E-state index contributed by atoms with van der Waals surface area (Å²) in [5.41, 5.74) is 5.99. The lowest BCUT2D eigenvalue weighted by Crippen LogP contribution is -2.36. The maximum atomic E-state index is 5.47. The van der Waals surface area contributed by atoms with E-state index in [-0.39, 0.29) is 0 Å². The highest BCUT2D eigenvalue weighted by Crippen LogP contribution is 2.15. The van der Waals surface area contributed by atoms with Crippen LogP contribution in [0, 0.1) is 13.8 Å². The molecule has 1 rings (SSSR count). The highest BCUT2D eigenvalue weighted by Gasteiger charge is 2.01. The van der Waals surface area contributed by atoms with Crippen LogP contribution in [0.3, 0.4) is 0 Å². The lowest BCUT2D eigenvalue weighted by molar-refractivity contribution is 0.146. The van der Waals surface area contributed by atoms with Crippen LogP contribution in [-0.4, -0.2) is 25.7 Å². The first-order chi connectivity index (χ1) is 9.17. The molecule has 0 aromatic heterocycles. The van der Waals surface area contributed by atoms with E-state index < -0.39 is 0 Å². The Morgan fingerprint density at radius 1 is 1.37 bits per heavy atom. The lowest BCUT2D eigenvalue weighted by atomic mass is 10.1. The van der Waals surface area contributed by atoms with Crippen molar-refractivity contribution in [2.75, 3.05) is 25.1 Å². The predicted octanol–water partition coefficient (Wildman–Crippen LogP) is 1.96. The smallest absolute Gasteiger partial charge is 0.210 e. The van der Waals surface area contributed by atoms with Crippen molar-refractivity contribution in [2.45, 2.75) is 27.2 Å². The van der Waals surface area contributed by atoms with E-state index in [9.17, 15) is 0 Å². The number of guanidine groups is 1. The molecule has 0 heterocycles. The fourth-order valence-corrected chi connectivity index (χ4v) is 1.70. The number of hydrogen-bond acceptors (Lipinski definition) is 3. The summed E-state index contributed by atoms with van der Waals surface area (Å²) in [6.45, 7) is 8.25. The number of benzene rings is 1. The molecule has 0 saturated carbocycles. The van der Waals surface area contributed by atoms with Gasteiger partial charge in [-0.25, -0.2) is 5.84 Å². The summed E-state index contributed by atoms with van der Waals surface area (Å²) in [4.78, 5) is 4.36. The number of rotatable bonds is 6. The van der Waals surface area contributed by atoms with Crippen LogP contribution < -0.4 is 16.6 Å². The Bertz CT molecular complexity index is 418. The van der Waals surface area contributed by atoms with Crippen LogP contribution in [0.5, 0.6) is 0 Å². The molecule has 0 saturated heterocycles. The normalized spacial score (nSPS) is 11.5. The van der Waals surface area contributed by atoms with Crippen molar-refractivity contribution in [1.82, 2.24) is 5.43 Å². The number of hydrogen-bond donors (Lipinski definition) is 3. The number of aryl methyl sites for hydroxylation is 2. The molecular formula is C14H24N4O. The molecule has 1 aromatic carbocycles. The number of aliphatic imine (C=N–C) groups is 1. The zero-order chi connectivity index (χ0) is 14.1. The largest absolute Gasteiger partial charge is 0.382 e. The van der Waals surface area contributed by atoms with Gasteiger partial charge in [0.1, 0.15) is 0 Å². The summed E-state index contributed by atoms with van der Waals surface area (Å²) < 4.78 is 5.26. The van der Waals surface area contributed by atoms with E-state index in [0.29, 0.717) is 12.5 Å². The quantitative estimate of drug-likeness (QED) is 0.241. The standard InChI is InChI=1S/C14H24N4O/c1-4-19-9-5-8-16-14(18-15)17-13-7-6-11(2)10-12(13)3/h6-7,10H,4-5,8-9,15H2,1-3H3,(H2,16,17,18). The van der Waals surface area contributed by atoms with Gasteiger partial charge < -0.3 is 10.1 Å². The summed E-state index contributed by atoms with van der Waals surface area (Å²) >= 11 is 0. The zero-order valence-corrected chi connectivity index (χ0v) is 12.0. The average molecular weight is 264 g/mol. The van der Waals surface area contributed by atoms with Crippen molar-refractivity contribution in [2.24, 2.45) is 10.8 Å². The maximum Gasteiger partial charge on any atom is 0.210 e. The van der Waals surface area contributed by atoms with Crippen LogP contribution >= 0.6 is 0 Å². The first-order valence-electron chi connectivity index (χ1n) is 6.60. The average Bonchev–Trinajstić information content (AvgIpc) is 2.39. The molecule has 1 aromatic rings. The fourth-order valence-electron chi connectivity index (χ4n) is 1.70. The van der Waals surface area contributed by atoms with Gasteiger partial charge in [-0.05, 0) is 38.8 Å². The Kier molecular flexibility index (Phi) is 6.92. The van der Waals surface area contributed by atoms with Gasteiger partial charge in [-0.2, -0.15) is 0 Å². The Labute approximate surface area is 115 Å². The number of hydrazine groups is 1. The highest BCUT2D eigenvalue weighted by atomic mass is 16.5. The van der Waals surface area contributed by atoms with Crippen molar-refractivity contribution in [1.29, 1.82) is 0 Å². The minimum atomic E-state index is 0.573. The first kappa shape index (κ1) is 15.5. The molecule has 0 aliphatic heterocycles. The van der Waals surface area contributed by atoms with E-state index >= 15 is 0 Å². The van der Waals surface area contributed by atoms with E-state index in [4.69, 9.17) is 10.6 Å². The van der Waals surface area contributed by atoms with E-state index in [2.05, 4.69) is 41.7 Å². The van der Waals surface area contributed by atoms with Gasteiger partial charge in [-0.3, -0.25) is 10.4 Å². The number of ether oxygens (including phenoxy) is 1. The highest BCUT2D eigenvalue weighted by molar-refractivity contribution is 5.93. The Hall–Kier alpha value is -1.59. The minimum Gasteiger partial charge on any atom is -0.382 e. The molecule has 0 spiro atoms. The van der Waals surface area contributed by atoms with Gasteiger partial charge in [0.15, 0.2) is 0 Å². The van der Waals surface area contributed by atoms with Crippen LogP contribution in [-0.2, 0) is 4.74 Å². The van der Waals surface area contributed by atoms with Crippen molar-refractivity contribution < 1.29 is 4.74 Å². The molecule has 0 aliphatic rings. The molecule has 0 unspecified atom stereocenters. The van der Waals surface area contributed by atoms with E-state index in [0.717, 1.165) is 30.9 Å². The van der Waals surface area contributed by atoms with Gasteiger partial charge >= 0.3 is 0 Å². The molecule has 0 atom stereocenters. The van der Waals surface area contributed by atoms with E-state index in [1.54, 1.807) is 0 Å². The Balaban J connectivity index is 2.53. The van der Waals surface area contributed by atoms with Crippen LogP contribution in [0.25, 0.3) is 0 Å². The summed E-state index contributed by atoms with van der Waals surface area (Å²) in [6, 6.07) is 6.20. The number of nitrogens with one attached hydrogen (secondary N) is 2. The second-order valence-corrected chi connectivity index (χ2v) is 4.37. The Morgan fingerprint density at radius 3 is 2.79 bits per heavy atom. The van der Waals surface area contributed by atoms with E-state index in [1.807, 2.05) is 13.0 Å². The third-order valence-electron chi connectivity index (χ3n) is 2.69. The van der Waals surface area contributed by atoms with Gasteiger partial charge in [0, 0.05) is 25.4 Å². The molecule has 0 bridgehead atoms. The van der Waals surface area contributed by atoms with Gasteiger partial charge in [0.05, 0.1) is 0 Å². The molecule has 5 heteroatoms. The van der Waals surface area contributed by atoms with Crippen LogP contribution in [0.2, 0.25) is 0 Å². The third-order valence-corrected chi connectivity index (χ3v) is 2.69. The van der Waals surface area contributed by atoms with Gasteiger partial charge in [-0.1, -0.05) is 17.7 Å². The molecule has 0 amide bonds. The summed E-state index contributed by atoms with van der Waals surface area (Å²) in [7, 11) is 0. The molecule has 0 aliphatic carbocycles. The molecule has 5 nitrogen and oxygen atoms in total. The molecule has 106 valence electrons. The van der Waals surface area contributed by atoms with Crippen LogP contribution in [0.15, 0.2) is 23.2 Å². The summed E-state index contributed by atoms with van der Waals surface area (Å²) in [6.07, 6.45) is 0.883. The van der Waals surface area contributed by atoms with Crippen molar-refractivity contribution in [3.8, 4) is 0 Å². The van der Waals surface area contributed by atoms with Gasteiger partial charge in [-0.15, -0.1) is 0 Å². The molecule has 4 N–H and O–H groups in total. The van der Waals surface area contributed by atoms with Crippen molar-refractivity contribution >= 4 is 11.6 Å². The van der Waals surface area contributed by atoms with Crippen molar-refractivity contribution in [3.05, 3.63) is 29.3 Å². The molecular weight excluding hydrogens is 240 g/mol. The molecule has 0 radical (unpaired) electrons. The minimum absolute atomic E-state index is 0.573. The topological polar surface area (TPSA) is 71.7 Å². The second kappa shape index (κ2) is 8.50. The van der Waals surface area contributed by atoms with Crippen LogP contribution in [0.1, 0.15) is 24.5 Å². The van der Waals surface area contributed by atoms with E-state index in [1.165, 1.54) is 5.56 Å².